The monoisotopic (exact) mass is 257 g/mol. The van der Waals surface area contributed by atoms with Crippen molar-refractivity contribution in [1.82, 2.24) is 5.32 Å². The lowest BCUT2D eigenvalue weighted by molar-refractivity contribution is 0.0980. The Morgan fingerprint density at radius 2 is 1.95 bits per heavy atom. The molecule has 0 aliphatic rings. The molecule has 19 heavy (non-hydrogen) atoms. The third kappa shape index (κ3) is 3.88. The molecule has 100 valence electrons. The van der Waals surface area contributed by atoms with E-state index in [-0.39, 0.29) is 11.9 Å². The van der Waals surface area contributed by atoms with Crippen LogP contribution in [-0.2, 0) is 0 Å². The minimum Gasteiger partial charge on any atom is -0.392 e. The van der Waals surface area contributed by atoms with Crippen molar-refractivity contribution in [2.75, 3.05) is 13.1 Å². The van der Waals surface area contributed by atoms with Crippen molar-refractivity contribution in [3.63, 3.8) is 0 Å². The van der Waals surface area contributed by atoms with Crippen LogP contribution < -0.4 is 5.32 Å². The second-order valence-electron chi connectivity index (χ2n) is 4.79. The van der Waals surface area contributed by atoms with E-state index in [2.05, 4.69) is 5.32 Å². The van der Waals surface area contributed by atoms with Gasteiger partial charge in [0, 0.05) is 25.1 Å². The minimum absolute atomic E-state index is 0.129. The molecule has 2 aromatic carbocycles. The van der Waals surface area contributed by atoms with Gasteiger partial charge in [-0.05, 0) is 23.8 Å². The number of carbonyl (C=O) groups excluding carboxylic acids is 1. The van der Waals surface area contributed by atoms with Gasteiger partial charge in [-0.15, -0.1) is 0 Å². The van der Waals surface area contributed by atoms with E-state index < -0.39 is 0 Å². The van der Waals surface area contributed by atoms with Crippen molar-refractivity contribution < 1.29 is 9.90 Å². The Bertz CT molecular complexity index is 563. The predicted octanol–water partition coefficient (Wildman–Crippen LogP) is 2.38. The summed E-state index contributed by atoms with van der Waals surface area (Å²) in [5.74, 6) is 0.129. The number of aliphatic hydroxyl groups excluding tert-OH is 1. The number of hydrogen-bond donors (Lipinski definition) is 2. The van der Waals surface area contributed by atoms with Crippen LogP contribution in [0.3, 0.4) is 0 Å². The molecule has 0 fully saturated rings. The molecular weight excluding hydrogens is 238 g/mol. The van der Waals surface area contributed by atoms with E-state index in [4.69, 9.17) is 5.11 Å². The molecule has 0 aromatic heterocycles. The highest BCUT2D eigenvalue weighted by Crippen LogP contribution is 2.16. The molecule has 1 atom stereocenters. The molecule has 0 aliphatic carbocycles. The molecule has 2 rings (SSSR count). The molecule has 0 saturated heterocycles. The van der Waals surface area contributed by atoms with Crippen LogP contribution in [0.4, 0.5) is 0 Å². The Balaban J connectivity index is 1.97. The van der Waals surface area contributed by atoms with Crippen LogP contribution in [0.25, 0.3) is 10.8 Å². The molecule has 3 heteroatoms. The number of hydrogen-bond acceptors (Lipinski definition) is 3. The summed E-state index contributed by atoms with van der Waals surface area (Å²) in [7, 11) is 0. The maximum atomic E-state index is 12.0. The smallest absolute Gasteiger partial charge is 0.164 e. The van der Waals surface area contributed by atoms with E-state index in [1.807, 2.05) is 42.5 Å². The molecule has 1 unspecified atom stereocenters. The topological polar surface area (TPSA) is 49.3 Å². The van der Waals surface area contributed by atoms with Crippen molar-refractivity contribution in [3.05, 3.63) is 48.0 Å². The Morgan fingerprint density at radius 3 is 2.68 bits per heavy atom. The largest absolute Gasteiger partial charge is 0.392 e. The maximum absolute atomic E-state index is 12.0. The number of aliphatic hydroxyl groups is 1. The summed E-state index contributed by atoms with van der Waals surface area (Å²) in [5.41, 5.74) is 0.748. The second kappa shape index (κ2) is 6.45. The quantitative estimate of drug-likeness (QED) is 0.617. The number of benzene rings is 2. The summed E-state index contributed by atoms with van der Waals surface area (Å²) in [6, 6.07) is 13.8. The van der Waals surface area contributed by atoms with Crippen molar-refractivity contribution in [1.29, 1.82) is 0 Å². The fourth-order valence-electron chi connectivity index (χ4n) is 2.02. The Labute approximate surface area is 113 Å². The first-order valence-corrected chi connectivity index (χ1v) is 6.57. The molecule has 0 aliphatic heterocycles. The van der Waals surface area contributed by atoms with Gasteiger partial charge in [0.1, 0.15) is 0 Å². The van der Waals surface area contributed by atoms with Gasteiger partial charge in [-0.2, -0.15) is 0 Å². The highest BCUT2D eigenvalue weighted by atomic mass is 16.3. The van der Waals surface area contributed by atoms with E-state index in [1.165, 1.54) is 0 Å². The predicted molar refractivity (Wildman–Crippen MR) is 77.4 cm³/mol. The van der Waals surface area contributed by atoms with Gasteiger partial charge in [0.25, 0.3) is 0 Å². The number of rotatable bonds is 6. The lowest BCUT2D eigenvalue weighted by atomic mass is 10.0. The number of nitrogens with one attached hydrogen (secondary N) is 1. The molecule has 3 nitrogen and oxygen atoms in total. The van der Waals surface area contributed by atoms with Crippen LogP contribution in [0.15, 0.2) is 42.5 Å². The first kappa shape index (κ1) is 13.7. The molecule has 0 amide bonds. The van der Waals surface area contributed by atoms with Crippen LogP contribution in [0.2, 0.25) is 0 Å². The zero-order valence-electron chi connectivity index (χ0n) is 11.1. The average Bonchev–Trinajstić information content (AvgIpc) is 2.42. The van der Waals surface area contributed by atoms with Gasteiger partial charge in [-0.25, -0.2) is 0 Å². The van der Waals surface area contributed by atoms with Crippen molar-refractivity contribution in [2.45, 2.75) is 19.4 Å². The first-order chi connectivity index (χ1) is 9.16. The van der Waals surface area contributed by atoms with E-state index in [0.29, 0.717) is 19.5 Å². The Hall–Kier alpha value is -1.71. The van der Waals surface area contributed by atoms with Crippen LogP contribution >= 0.6 is 0 Å². The molecule has 0 radical (unpaired) electrons. The standard InChI is InChI=1S/C16H19NO2/c1-12(18)11-17-9-8-16(19)15-7-6-13-4-2-3-5-14(13)10-15/h2-7,10,12,17-18H,8-9,11H2,1H3. The highest BCUT2D eigenvalue weighted by molar-refractivity contribution is 6.00. The molecule has 0 heterocycles. The van der Waals surface area contributed by atoms with Crippen LogP contribution in [-0.4, -0.2) is 30.1 Å². The zero-order valence-corrected chi connectivity index (χ0v) is 11.1. The Kier molecular flexibility index (Phi) is 4.66. The van der Waals surface area contributed by atoms with Crippen LogP contribution in [0, 0.1) is 0 Å². The fraction of sp³-hybridized carbons (Fsp3) is 0.312. The van der Waals surface area contributed by atoms with Crippen molar-refractivity contribution in [2.24, 2.45) is 0 Å². The summed E-state index contributed by atoms with van der Waals surface area (Å²) in [4.78, 5) is 12.0. The summed E-state index contributed by atoms with van der Waals surface area (Å²) in [6.45, 7) is 2.83. The summed E-state index contributed by atoms with van der Waals surface area (Å²) < 4.78 is 0. The number of carbonyl (C=O) groups is 1. The van der Waals surface area contributed by atoms with Gasteiger partial charge in [-0.3, -0.25) is 4.79 Å². The SMILES string of the molecule is CC(O)CNCCC(=O)c1ccc2ccccc2c1. The van der Waals surface area contributed by atoms with Gasteiger partial charge in [0.05, 0.1) is 6.10 Å². The van der Waals surface area contributed by atoms with Gasteiger partial charge < -0.3 is 10.4 Å². The van der Waals surface area contributed by atoms with Crippen LogP contribution in [0.1, 0.15) is 23.7 Å². The number of Topliss-reactive ketones (excluding diaryl/α,β-unsaturated/α-hetero) is 1. The molecular formula is C16H19NO2. The number of fused-ring (bicyclic) bond motifs is 1. The fourth-order valence-corrected chi connectivity index (χ4v) is 2.02. The van der Waals surface area contributed by atoms with Crippen LogP contribution in [0.5, 0.6) is 0 Å². The highest BCUT2D eigenvalue weighted by Gasteiger charge is 2.06. The van der Waals surface area contributed by atoms with Gasteiger partial charge in [0.2, 0.25) is 0 Å². The molecule has 2 N–H and O–H groups in total. The molecule has 0 saturated carbocycles. The summed E-state index contributed by atoms with van der Waals surface area (Å²) in [6.07, 6.45) is 0.0705. The second-order valence-corrected chi connectivity index (χ2v) is 4.79. The Morgan fingerprint density at radius 1 is 1.21 bits per heavy atom. The normalized spacial score (nSPS) is 12.5. The van der Waals surface area contributed by atoms with E-state index in [1.54, 1.807) is 6.92 Å². The lowest BCUT2D eigenvalue weighted by Crippen LogP contribution is -2.26. The van der Waals surface area contributed by atoms with Crippen molar-refractivity contribution >= 4 is 16.6 Å². The van der Waals surface area contributed by atoms with Crippen molar-refractivity contribution in [3.8, 4) is 0 Å². The number of ketones is 1. The molecule has 0 bridgehead atoms. The summed E-state index contributed by atoms with van der Waals surface area (Å²) >= 11 is 0. The van der Waals surface area contributed by atoms with Gasteiger partial charge in [-0.1, -0.05) is 36.4 Å². The maximum Gasteiger partial charge on any atom is 0.164 e. The first-order valence-electron chi connectivity index (χ1n) is 6.57. The zero-order chi connectivity index (χ0) is 13.7. The lowest BCUT2D eigenvalue weighted by Gasteiger charge is -2.07. The van der Waals surface area contributed by atoms with Gasteiger partial charge in [0.15, 0.2) is 5.78 Å². The molecule has 2 aromatic rings. The van der Waals surface area contributed by atoms with E-state index in [0.717, 1.165) is 16.3 Å². The van der Waals surface area contributed by atoms with E-state index in [9.17, 15) is 4.79 Å². The van der Waals surface area contributed by atoms with E-state index >= 15 is 0 Å². The average molecular weight is 257 g/mol. The summed E-state index contributed by atoms with van der Waals surface area (Å²) in [5, 5.41) is 14.4. The third-order valence-electron chi connectivity index (χ3n) is 3.04. The molecule has 0 spiro atoms. The third-order valence-corrected chi connectivity index (χ3v) is 3.04. The minimum atomic E-state index is -0.379. The van der Waals surface area contributed by atoms with Gasteiger partial charge >= 0.3 is 0 Å².